The summed E-state index contributed by atoms with van der Waals surface area (Å²) < 4.78 is 66.4. The van der Waals surface area contributed by atoms with Crippen molar-refractivity contribution >= 4 is 16.6 Å². The molecular formula is C23H26F3N7O3S. The number of alkyl halides is 2. The first-order valence-electron chi connectivity index (χ1n) is 11.6. The maximum absolute atomic E-state index is 15.2. The predicted molar refractivity (Wildman–Crippen MR) is 132 cm³/mol. The molecule has 0 aliphatic carbocycles. The number of fused-ring (bicyclic) bond motifs is 1. The smallest absolute Gasteiger partial charge is 0.272 e. The number of halogens is 3. The summed E-state index contributed by atoms with van der Waals surface area (Å²) in [5, 5.41) is 4.00. The van der Waals surface area contributed by atoms with Crippen LogP contribution >= 0.6 is 10.7 Å². The van der Waals surface area contributed by atoms with Gasteiger partial charge in [0.15, 0.2) is 12.4 Å². The second-order valence-corrected chi connectivity index (χ2v) is 11.3. The van der Waals surface area contributed by atoms with Crippen molar-refractivity contribution in [3.05, 3.63) is 48.0 Å². The van der Waals surface area contributed by atoms with E-state index in [-0.39, 0.29) is 23.2 Å². The number of rotatable bonds is 6. The van der Waals surface area contributed by atoms with Crippen LogP contribution in [-0.2, 0) is 5.54 Å². The zero-order valence-corrected chi connectivity index (χ0v) is 20.7. The Labute approximate surface area is 212 Å². The number of hydrogen-bond donors (Lipinski definition) is 3. The van der Waals surface area contributed by atoms with Gasteiger partial charge in [-0.3, -0.25) is 4.31 Å². The van der Waals surface area contributed by atoms with Gasteiger partial charge in [-0.25, -0.2) is 32.9 Å². The highest BCUT2D eigenvalue weighted by atomic mass is 32.3. The average Bonchev–Trinajstić information content (AvgIpc) is 3.26. The molecule has 0 saturated carbocycles. The van der Waals surface area contributed by atoms with Crippen LogP contribution in [0.2, 0.25) is 0 Å². The summed E-state index contributed by atoms with van der Waals surface area (Å²) in [6, 6.07) is 6.08. The fourth-order valence-electron chi connectivity index (χ4n) is 4.41. The molecule has 10 nitrogen and oxygen atoms in total. The average molecular weight is 538 g/mol. The third-order valence-electron chi connectivity index (χ3n) is 6.17. The first-order valence-corrected chi connectivity index (χ1v) is 13.3. The van der Waals surface area contributed by atoms with Crippen molar-refractivity contribution in [2.45, 2.75) is 31.7 Å². The maximum Gasteiger partial charge on any atom is 0.272 e. The monoisotopic (exact) mass is 537 g/mol. The minimum atomic E-state index is -2.62. The molecule has 0 bridgehead atoms. The Hall–Kier alpha value is -3.36. The van der Waals surface area contributed by atoms with Crippen LogP contribution in [0.1, 0.15) is 25.3 Å². The highest BCUT2D eigenvalue weighted by Crippen LogP contribution is 2.53. The van der Waals surface area contributed by atoms with Gasteiger partial charge in [0.2, 0.25) is 11.8 Å². The van der Waals surface area contributed by atoms with Gasteiger partial charge in [-0.1, -0.05) is 5.16 Å². The molecule has 14 heteroatoms. The molecular weight excluding hydrogens is 511 g/mol. The van der Waals surface area contributed by atoms with Gasteiger partial charge in [0.05, 0.1) is 18.1 Å². The lowest BCUT2D eigenvalue weighted by atomic mass is 9.92. The van der Waals surface area contributed by atoms with Crippen LogP contribution < -0.4 is 15.2 Å². The van der Waals surface area contributed by atoms with Gasteiger partial charge < -0.3 is 19.5 Å². The van der Waals surface area contributed by atoms with E-state index < -0.39 is 35.1 Å². The lowest BCUT2D eigenvalue weighted by Crippen LogP contribution is -2.53. The Morgan fingerprint density at radius 2 is 2.08 bits per heavy atom. The van der Waals surface area contributed by atoms with Crippen molar-refractivity contribution in [2.24, 2.45) is 10.7 Å². The number of guanidine groups is 1. The van der Waals surface area contributed by atoms with Crippen LogP contribution in [0.3, 0.4) is 0 Å². The summed E-state index contributed by atoms with van der Waals surface area (Å²) in [5.74, 6) is 0.151. The number of nitrogens with zero attached hydrogens (tertiary/aromatic N) is 5. The second-order valence-electron chi connectivity index (χ2n) is 8.97. The quantitative estimate of drug-likeness (QED) is 0.428. The van der Waals surface area contributed by atoms with Crippen LogP contribution in [0.15, 0.2) is 46.2 Å². The van der Waals surface area contributed by atoms with E-state index in [0.29, 0.717) is 35.8 Å². The molecule has 0 amide bonds. The van der Waals surface area contributed by atoms with E-state index in [2.05, 4.69) is 24.8 Å². The van der Waals surface area contributed by atoms with Crippen molar-refractivity contribution in [2.75, 3.05) is 25.4 Å². The van der Waals surface area contributed by atoms with Crippen molar-refractivity contribution in [1.82, 2.24) is 24.2 Å². The lowest BCUT2D eigenvalue weighted by molar-refractivity contribution is 0.0794. The highest BCUT2D eigenvalue weighted by Gasteiger charge is 2.46. The van der Waals surface area contributed by atoms with E-state index in [1.807, 2.05) is 0 Å². The van der Waals surface area contributed by atoms with E-state index in [1.165, 1.54) is 18.5 Å². The highest BCUT2D eigenvalue weighted by molar-refractivity contribution is 8.25. The number of ether oxygens (including phenoxy) is 1. The third-order valence-corrected chi connectivity index (χ3v) is 8.90. The molecule has 2 aliphatic rings. The molecule has 2 aromatic heterocycles. The number of aromatic nitrogens is 3. The molecule has 5 rings (SSSR count). The Bertz CT molecular complexity index is 1310. The molecule has 1 unspecified atom stereocenters. The van der Waals surface area contributed by atoms with E-state index >= 15 is 4.39 Å². The molecule has 37 heavy (non-hydrogen) atoms. The van der Waals surface area contributed by atoms with E-state index in [4.69, 9.17) is 15.0 Å². The van der Waals surface area contributed by atoms with E-state index in [1.54, 1.807) is 29.4 Å². The van der Waals surface area contributed by atoms with Crippen molar-refractivity contribution in [3.63, 3.8) is 0 Å². The number of nitrogens with two attached hydrogens (primary N) is 1. The molecule has 0 radical (unpaired) electrons. The van der Waals surface area contributed by atoms with Gasteiger partial charge in [-0.2, -0.15) is 0 Å². The SMILES string of the molecule is C[C@@]1(c2cc(-c3cc(-c4cnc(OCC(F)F)cn4)no3)ccc2F)CS2(O)NCCCCN2C(N)=N1. The lowest BCUT2D eigenvalue weighted by Gasteiger charge is -2.51. The Morgan fingerprint density at radius 1 is 1.24 bits per heavy atom. The number of benzene rings is 1. The Kier molecular flexibility index (Phi) is 6.72. The number of hydrogen-bond acceptors (Lipinski definition) is 10. The van der Waals surface area contributed by atoms with Crippen molar-refractivity contribution in [3.8, 4) is 28.6 Å². The van der Waals surface area contributed by atoms with Crippen LogP contribution in [0.25, 0.3) is 22.7 Å². The second kappa shape index (κ2) is 9.84. The van der Waals surface area contributed by atoms with E-state index in [9.17, 15) is 13.3 Å². The minimum absolute atomic E-state index is 0.0398. The molecule has 198 valence electrons. The fourth-order valence-corrected chi connectivity index (χ4v) is 7.08. The summed E-state index contributed by atoms with van der Waals surface area (Å²) >= 11 is 0. The molecule has 1 aromatic carbocycles. The fraction of sp³-hybridized carbons (Fsp3) is 0.391. The van der Waals surface area contributed by atoms with Gasteiger partial charge in [0.25, 0.3) is 6.43 Å². The van der Waals surface area contributed by atoms with Crippen LogP contribution in [0.5, 0.6) is 5.88 Å². The normalized spacial score (nSPS) is 25.7. The van der Waals surface area contributed by atoms with Crippen LogP contribution in [0.4, 0.5) is 13.2 Å². The topological polar surface area (TPSA) is 135 Å². The number of aliphatic imine (C=N–C) groups is 1. The molecule has 3 aromatic rings. The Balaban J connectivity index is 1.42. The maximum atomic E-state index is 15.2. The van der Waals surface area contributed by atoms with Crippen molar-refractivity contribution in [1.29, 1.82) is 0 Å². The molecule has 2 aliphatic heterocycles. The summed E-state index contributed by atoms with van der Waals surface area (Å²) in [5.41, 5.74) is 6.61. The first kappa shape index (κ1) is 25.3. The largest absolute Gasteiger partial charge is 0.470 e. The predicted octanol–water partition coefficient (Wildman–Crippen LogP) is 3.92. The van der Waals surface area contributed by atoms with Gasteiger partial charge in [-0.05, 0) is 38.0 Å². The molecule has 4 heterocycles. The first-order chi connectivity index (χ1) is 17.7. The van der Waals surface area contributed by atoms with Gasteiger partial charge in [-0.15, -0.1) is 0 Å². The molecule has 2 atom stereocenters. The summed E-state index contributed by atoms with van der Waals surface area (Å²) in [6.07, 6.45) is 1.68. The Morgan fingerprint density at radius 3 is 2.84 bits per heavy atom. The minimum Gasteiger partial charge on any atom is -0.470 e. The summed E-state index contributed by atoms with van der Waals surface area (Å²) in [6.45, 7) is 2.18. The molecule has 4 N–H and O–H groups in total. The number of nitrogens with one attached hydrogen (secondary N) is 1. The van der Waals surface area contributed by atoms with Gasteiger partial charge >= 0.3 is 0 Å². The molecule has 1 fully saturated rings. The molecule has 0 spiro atoms. The van der Waals surface area contributed by atoms with Crippen LogP contribution in [-0.4, -0.2) is 61.8 Å². The standard InChI is InChI=1S/C23H26F3N7O3S/c1-23(13-37(34)30-6-2-3-7-33(37)22(27)31-23)15-8-14(4-5-16(15)24)19-9-17(32-36-19)18-10-29-21(11-28-18)35-12-20(25)26/h4-5,8-11,20,30,34H,2-3,6-7,12-13H2,1H3,(H2,27,31)/t23-/m0/s1. The van der Waals surface area contributed by atoms with E-state index in [0.717, 1.165) is 12.8 Å². The zero-order valence-electron chi connectivity index (χ0n) is 19.9. The zero-order chi connectivity index (χ0) is 26.2. The van der Waals surface area contributed by atoms with Crippen molar-refractivity contribution < 1.29 is 27.0 Å². The third kappa shape index (κ3) is 5.08. The van der Waals surface area contributed by atoms with Gasteiger partial charge in [0.1, 0.15) is 22.7 Å². The van der Waals surface area contributed by atoms with Crippen LogP contribution in [0, 0.1) is 5.82 Å². The summed E-state index contributed by atoms with van der Waals surface area (Å²) in [7, 11) is -2.50. The van der Waals surface area contributed by atoms with Gasteiger partial charge in [0, 0.05) is 41.0 Å². The summed E-state index contributed by atoms with van der Waals surface area (Å²) in [4.78, 5) is 12.7. The molecule has 1 saturated heterocycles.